The first-order valence-electron chi connectivity index (χ1n) is 6.74. The van der Waals surface area contributed by atoms with Gasteiger partial charge in [0.2, 0.25) is 5.91 Å². The molecule has 0 aliphatic carbocycles. The first-order chi connectivity index (χ1) is 10.7. The van der Waals surface area contributed by atoms with Gasteiger partial charge in [-0.15, -0.1) is 11.6 Å². The lowest BCUT2D eigenvalue weighted by Crippen LogP contribution is -2.42. The molecule has 1 aromatic carbocycles. The van der Waals surface area contributed by atoms with Crippen molar-refractivity contribution in [3.05, 3.63) is 52.7 Å². The van der Waals surface area contributed by atoms with Crippen molar-refractivity contribution in [2.45, 2.75) is 19.4 Å². The highest BCUT2D eigenvalue weighted by Crippen LogP contribution is 2.31. The Labute approximate surface area is 142 Å². The lowest BCUT2D eigenvalue weighted by molar-refractivity contribution is -0.120. The molecule has 2 rings (SSSR count). The van der Waals surface area contributed by atoms with Gasteiger partial charge in [-0.05, 0) is 44.2 Å². The van der Waals surface area contributed by atoms with E-state index in [2.05, 4.69) is 10.3 Å². The van der Waals surface area contributed by atoms with Crippen LogP contribution in [0.15, 0.2) is 30.3 Å². The number of nitrogens with one attached hydrogen (secondary N) is 1. The number of nitrogens with zero attached hydrogens (tertiary/aromatic N) is 1. The van der Waals surface area contributed by atoms with Crippen LogP contribution < -0.4 is 5.32 Å². The fraction of sp³-hybridized carbons (Fsp3) is 0.250. The summed E-state index contributed by atoms with van der Waals surface area (Å²) in [4.78, 5) is 15.5. The fourth-order valence-corrected chi connectivity index (χ4v) is 2.46. The van der Waals surface area contributed by atoms with Gasteiger partial charge in [-0.3, -0.25) is 4.79 Å². The smallest absolute Gasteiger partial charge is 0.235 e. The predicted octanol–water partition coefficient (Wildman–Crippen LogP) is 4.27. The quantitative estimate of drug-likeness (QED) is 0.654. The number of alkyl halides is 1. The number of aromatic nitrogens is 1. The van der Waals surface area contributed by atoms with Crippen molar-refractivity contribution in [3.8, 4) is 11.3 Å². The van der Waals surface area contributed by atoms with Crippen LogP contribution in [0.1, 0.15) is 19.4 Å². The zero-order chi connectivity index (χ0) is 17.2. The number of carbonyl (C=O) groups excluding carboxylic acids is 1. The Kier molecular flexibility index (Phi) is 5.22. The number of hydrogen-bond donors (Lipinski definition) is 1. The molecule has 0 aliphatic rings. The second-order valence-corrected chi connectivity index (χ2v) is 6.12. The second kappa shape index (κ2) is 6.81. The van der Waals surface area contributed by atoms with E-state index in [0.29, 0.717) is 5.56 Å². The van der Waals surface area contributed by atoms with E-state index in [0.717, 1.165) is 0 Å². The van der Waals surface area contributed by atoms with E-state index in [1.165, 1.54) is 30.3 Å². The Balaban J connectivity index is 2.54. The first kappa shape index (κ1) is 17.6. The molecule has 1 heterocycles. The van der Waals surface area contributed by atoms with Gasteiger partial charge in [0.25, 0.3) is 0 Å². The van der Waals surface area contributed by atoms with Crippen LogP contribution in [-0.4, -0.2) is 16.8 Å². The summed E-state index contributed by atoms with van der Waals surface area (Å²) in [6, 6.07) is 6.57. The highest BCUT2D eigenvalue weighted by molar-refractivity contribution is 6.29. The molecular weight excluding hydrogens is 345 g/mol. The molecule has 7 heteroatoms. The summed E-state index contributed by atoms with van der Waals surface area (Å²) < 4.78 is 27.9. The summed E-state index contributed by atoms with van der Waals surface area (Å²) in [5, 5.41) is 2.68. The molecule has 0 saturated heterocycles. The molecule has 23 heavy (non-hydrogen) atoms. The lowest BCUT2D eigenvalue weighted by atomic mass is 9.92. The molecule has 1 N–H and O–H groups in total. The van der Waals surface area contributed by atoms with Crippen LogP contribution in [0, 0.1) is 11.6 Å². The van der Waals surface area contributed by atoms with Crippen LogP contribution >= 0.6 is 23.2 Å². The molecule has 2 aromatic rings. The topological polar surface area (TPSA) is 42.0 Å². The molecular formula is C16H14Cl2F2N2O. The summed E-state index contributed by atoms with van der Waals surface area (Å²) in [7, 11) is 0. The van der Waals surface area contributed by atoms with Gasteiger partial charge in [0, 0.05) is 11.1 Å². The minimum Gasteiger partial charge on any atom is -0.346 e. The Hall–Kier alpha value is -1.72. The number of amides is 1. The van der Waals surface area contributed by atoms with Crippen LogP contribution in [0.5, 0.6) is 0 Å². The average molecular weight is 359 g/mol. The van der Waals surface area contributed by atoms with Crippen molar-refractivity contribution in [1.29, 1.82) is 0 Å². The van der Waals surface area contributed by atoms with Crippen LogP contribution in [0.4, 0.5) is 8.78 Å². The molecule has 0 saturated carbocycles. The second-order valence-electron chi connectivity index (χ2n) is 5.47. The maximum Gasteiger partial charge on any atom is 0.235 e. The predicted molar refractivity (Wildman–Crippen MR) is 86.5 cm³/mol. The van der Waals surface area contributed by atoms with E-state index in [-0.39, 0.29) is 22.3 Å². The van der Waals surface area contributed by atoms with Crippen molar-refractivity contribution in [3.63, 3.8) is 0 Å². The van der Waals surface area contributed by atoms with Crippen molar-refractivity contribution in [1.82, 2.24) is 10.3 Å². The van der Waals surface area contributed by atoms with Crippen molar-refractivity contribution < 1.29 is 13.6 Å². The van der Waals surface area contributed by atoms with Gasteiger partial charge in [-0.25, -0.2) is 13.8 Å². The molecule has 0 unspecified atom stereocenters. The normalized spacial score (nSPS) is 11.4. The Morgan fingerprint density at radius 3 is 2.43 bits per heavy atom. The molecule has 122 valence electrons. The van der Waals surface area contributed by atoms with Crippen LogP contribution in [0.3, 0.4) is 0 Å². The molecule has 0 fully saturated rings. The highest BCUT2D eigenvalue weighted by atomic mass is 35.5. The van der Waals surface area contributed by atoms with Crippen LogP contribution in [-0.2, 0) is 10.3 Å². The summed E-state index contributed by atoms with van der Waals surface area (Å²) >= 11 is 11.5. The largest absolute Gasteiger partial charge is 0.346 e. The number of benzene rings is 1. The molecule has 0 aliphatic heterocycles. The van der Waals surface area contributed by atoms with E-state index in [1.54, 1.807) is 13.8 Å². The van der Waals surface area contributed by atoms with Crippen molar-refractivity contribution in [2.24, 2.45) is 0 Å². The standard InChI is InChI=1S/C16H14Cl2F2N2O/c1-16(2,22-13(23)8-17)11-7-12(18)21-15(14(11)20)9-3-5-10(19)6-4-9/h3-7H,8H2,1-2H3,(H,22,23). The first-order valence-corrected chi connectivity index (χ1v) is 7.65. The number of pyridine rings is 1. The number of halogens is 4. The third-order valence-corrected chi connectivity index (χ3v) is 3.73. The zero-order valence-corrected chi connectivity index (χ0v) is 14.0. The van der Waals surface area contributed by atoms with Crippen LogP contribution in [0.2, 0.25) is 5.15 Å². The summed E-state index contributed by atoms with van der Waals surface area (Å²) in [6.07, 6.45) is 0. The summed E-state index contributed by atoms with van der Waals surface area (Å²) in [5.41, 5.74) is -0.514. The molecule has 0 atom stereocenters. The Bertz CT molecular complexity index is 734. The molecule has 1 aromatic heterocycles. The average Bonchev–Trinajstić information content (AvgIpc) is 2.49. The third kappa shape index (κ3) is 3.98. The number of rotatable bonds is 4. The molecule has 0 spiro atoms. The van der Waals surface area contributed by atoms with E-state index in [1.807, 2.05) is 0 Å². The van der Waals surface area contributed by atoms with Gasteiger partial charge < -0.3 is 5.32 Å². The minimum atomic E-state index is -1.04. The van der Waals surface area contributed by atoms with Crippen molar-refractivity contribution in [2.75, 3.05) is 5.88 Å². The molecule has 0 bridgehead atoms. The Morgan fingerprint density at radius 1 is 1.26 bits per heavy atom. The minimum absolute atomic E-state index is 0.0132. The number of carbonyl (C=O) groups is 1. The van der Waals surface area contributed by atoms with Gasteiger partial charge in [0.15, 0.2) is 5.82 Å². The maximum atomic E-state index is 14.9. The van der Waals surface area contributed by atoms with Gasteiger partial charge in [0.1, 0.15) is 22.5 Å². The highest BCUT2D eigenvalue weighted by Gasteiger charge is 2.29. The zero-order valence-electron chi connectivity index (χ0n) is 12.5. The monoisotopic (exact) mass is 358 g/mol. The summed E-state index contributed by atoms with van der Waals surface area (Å²) in [6.45, 7) is 3.25. The number of hydrogen-bond acceptors (Lipinski definition) is 2. The van der Waals surface area contributed by atoms with Gasteiger partial charge in [-0.2, -0.15) is 0 Å². The van der Waals surface area contributed by atoms with E-state index in [4.69, 9.17) is 23.2 Å². The van der Waals surface area contributed by atoms with Gasteiger partial charge in [-0.1, -0.05) is 11.6 Å². The van der Waals surface area contributed by atoms with Crippen molar-refractivity contribution >= 4 is 29.1 Å². The van der Waals surface area contributed by atoms with Crippen LogP contribution in [0.25, 0.3) is 11.3 Å². The van der Waals surface area contributed by atoms with E-state index >= 15 is 0 Å². The molecule has 0 radical (unpaired) electrons. The fourth-order valence-electron chi connectivity index (χ4n) is 2.20. The molecule has 3 nitrogen and oxygen atoms in total. The van der Waals surface area contributed by atoms with E-state index in [9.17, 15) is 13.6 Å². The van der Waals surface area contributed by atoms with Gasteiger partial charge in [0.05, 0.1) is 5.54 Å². The van der Waals surface area contributed by atoms with Gasteiger partial charge >= 0.3 is 0 Å². The third-order valence-electron chi connectivity index (χ3n) is 3.29. The summed E-state index contributed by atoms with van der Waals surface area (Å²) in [5.74, 6) is -1.76. The van der Waals surface area contributed by atoms with E-state index < -0.39 is 23.1 Å². The Morgan fingerprint density at radius 2 is 1.87 bits per heavy atom. The lowest BCUT2D eigenvalue weighted by Gasteiger charge is -2.27. The molecule has 1 amide bonds. The maximum absolute atomic E-state index is 14.9. The SMILES string of the molecule is CC(C)(NC(=O)CCl)c1cc(Cl)nc(-c2ccc(F)cc2)c1F.